The van der Waals surface area contributed by atoms with Gasteiger partial charge in [-0.25, -0.2) is 11.6 Å². The number of benzene rings is 2. The van der Waals surface area contributed by atoms with Crippen LogP contribution in [0.5, 0.6) is 11.5 Å². The van der Waals surface area contributed by atoms with E-state index in [1.807, 2.05) is 43.3 Å². The Morgan fingerprint density at radius 2 is 1.78 bits per heavy atom. The molecule has 1 aliphatic heterocycles. The van der Waals surface area contributed by atoms with E-state index in [4.69, 9.17) is 21.0 Å². The molecule has 0 radical (unpaired) electrons. The van der Waals surface area contributed by atoms with E-state index < -0.39 is 12.0 Å². The quantitative estimate of drug-likeness (QED) is 0.564. The van der Waals surface area contributed by atoms with Crippen LogP contribution in [-0.2, 0) is 4.79 Å². The van der Waals surface area contributed by atoms with Crippen LogP contribution in [0.2, 0.25) is 0 Å². The first kappa shape index (κ1) is 23.4. The third kappa shape index (κ3) is 4.81. The molecule has 7 heteroatoms. The summed E-state index contributed by atoms with van der Waals surface area (Å²) < 4.78 is 11.0. The lowest BCUT2D eigenvalue weighted by molar-refractivity contribution is -0.113. The van der Waals surface area contributed by atoms with Crippen LogP contribution in [0, 0.1) is 6.57 Å². The number of allylic oxidation sites excluding steroid dienone is 1. The van der Waals surface area contributed by atoms with Gasteiger partial charge in [-0.1, -0.05) is 37.3 Å². The highest BCUT2D eigenvalue weighted by Crippen LogP contribution is 2.43. The van der Waals surface area contributed by atoms with Crippen molar-refractivity contribution in [3.63, 3.8) is 0 Å². The van der Waals surface area contributed by atoms with Crippen molar-refractivity contribution in [2.75, 3.05) is 25.3 Å². The van der Waals surface area contributed by atoms with E-state index in [0.29, 0.717) is 28.5 Å². The summed E-state index contributed by atoms with van der Waals surface area (Å²) in [5.74, 6) is 1.26. The third-order valence-corrected chi connectivity index (χ3v) is 6.46. The van der Waals surface area contributed by atoms with Crippen LogP contribution in [0.1, 0.15) is 31.7 Å². The number of anilines is 1. The number of carbonyl (C=O) groups excluding carboxylic acids is 1. The molecule has 0 saturated heterocycles. The van der Waals surface area contributed by atoms with Crippen molar-refractivity contribution in [1.29, 1.82) is 0 Å². The fourth-order valence-corrected chi connectivity index (χ4v) is 4.74. The summed E-state index contributed by atoms with van der Waals surface area (Å²) in [5, 5.41) is 3.70. The van der Waals surface area contributed by atoms with Gasteiger partial charge in [0.25, 0.3) is 11.9 Å². The van der Waals surface area contributed by atoms with Gasteiger partial charge in [0, 0.05) is 11.3 Å². The molecule has 1 aliphatic rings. The van der Waals surface area contributed by atoms with Crippen molar-refractivity contribution in [2.45, 2.75) is 32.2 Å². The monoisotopic (exact) mass is 449 g/mol. The molecule has 1 heterocycles. The second-order valence-corrected chi connectivity index (χ2v) is 8.36. The van der Waals surface area contributed by atoms with Gasteiger partial charge in [-0.15, -0.1) is 11.8 Å². The van der Waals surface area contributed by atoms with E-state index in [2.05, 4.69) is 17.1 Å². The van der Waals surface area contributed by atoms with Gasteiger partial charge in [-0.05, 0) is 37.3 Å². The summed E-state index contributed by atoms with van der Waals surface area (Å²) >= 11 is 1.58. The zero-order valence-corrected chi connectivity index (χ0v) is 19.5. The number of nitrogens with zero attached hydrogens (tertiary/aromatic N) is 2. The number of methoxy groups -OCH3 is 2. The molecule has 6 nitrogen and oxygen atoms in total. The zero-order chi connectivity index (χ0) is 23.1. The van der Waals surface area contributed by atoms with Gasteiger partial charge in [0.05, 0.1) is 25.5 Å². The molecule has 1 amide bonds. The van der Waals surface area contributed by atoms with Crippen LogP contribution in [0.25, 0.3) is 4.85 Å². The van der Waals surface area contributed by atoms with Crippen molar-refractivity contribution >= 4 is 28.4 Å². The molecule has 32 heavy (non-hydrogen) atoms. The third-order valence-electron chi connectivity index (χ3n) is 5.21. The minimum atomic E-state index is -0.607. The van der Waals surface area contributed by atoms with Gasteiger partial charge in [-0.2, -0.15) is 0 Å². The van der Waals surface area contributed by atoms with Crippen LogP contribution in [-0.4, -0.2) is 37.0 Å². The maximum Gasteiger partial charge on any atom is 0.282 e. The number of hydrogen-bond donors (Lipinski definition) is 1. The Bertz CT molecular complexity index is 1090. The first-order chi connectivity index (χ1) is 15.5. The van der Waals surface area contributed by atoms with Crippen LogP contribution in [0.3, 0.4) is 0 Å². The van der Waals surface area contributed by atoms with Crippen molar-refractivity contribution in [3.8, 4) is 11.5 Å². The Kier molecular flexibility index (Phi) is 7.96. The lowest BCUT2D eigenvalue weighted by Crippen LogP contribution is -2.34. The highest BCUT2D eigenvalue weighted by atomic mass is 32.2. The number of carbonyl (C=O) groups is 1. The van der Waals surface area contributed by atoms with Gasteiger partial charge < -0.3 is 19.6 Å². The number of nitrogens with one attached hydrogen (secondary N) is 1. The molecule has 0 aromatic heterocycles. The van der Waals surface area contributed by atoms with Crippen molar-refractivity contribution < 1.29 is 14.3 Å². The Balaban J connectivity index is 2.12. The first-order valence-corrected chi connectivity index (χ1v) is 11.4. The summed E-state index contributed by atoms with van der Waals surface area (Å²) in [6.07, 6.45) is 0.970. The van der Waals surface area contributed by atoms with Gasteiger partial charge in [0.15, 0.2) is 5.04 Å². The molecule has 0 bridgehead atoms. The maximum atomic E-state index is 13.6. The van der Waals surface area contributed by atoms with Crippen molar-refractivity contribution in [3.05, 3.63) is 76.8 Å². The molecule has 166 valence electrons. The van der Waals surface area contributed by atoms with Crippen LogP contribution in [0.4, 0.5) is 5.69 Å². The highest BCUT2D eigenvalue weighted by molar-refractivity contribution is 8.14. The fraction of sp³-hybridized carbons (Fsp3) is 0.320. The highest BCUT2D eigenvalue weighted by Gasteiger charge is 2.44. The molecule has 2 aromatic carbocycles. The normalized spacial score (nSPS) is 17.9. The molecular weight excluding hydrogens is 422 g/mol. The van der Waals surface area contributed by atoms with Crippen LogP contribution < -0.4 is 14.8 Å². The number of hydrogen-bond acceptors (Lipinski definition) is 5. The molecule has 0 spiro atoms. The van der Waals surface area contributed by atoms with Crippen molar-refractivity contribution in [2.24, 2.45) is 4.99 Å². The average Bonchev–Trinajstić information content (AvgIpc) is 2.82. The molecule has 2 unspecified atom stereocenters. The number of ether oxygens (including phenoxy) is 2. The number of amides is 1. The number of para-hydroxylation sites is 3. The van der Waals surface area contributed by atoms with E-state index in [9.17, 15) is 4.79 Å². The molecule has 2 aromatic rings. The summed E-state index contributed by atoms with van der Waals surface area (Å²) in [6.45, 7) is 11.9. The Morgan fingerprint density at radius 3 is 2.44 bits per heavy atom. The molecular formula is C25H27N3O3S. The number of thioether (sulfide) groups is 1. The maximum absolute atomic E-state index is 13.6. The number of rotatable bonds is 7. The summed E-state index contributed by atoms with van der Waals surface area (Å²) in [7, 11) is 3.16. The van der Waals surface area contributed by atoms with E-state index >= 15 is 0 Å². The fourth-order valence-electron chi connectivity index (χ4n) is 3.76. The lowest BCUT2D eigenvalue weighted by Gasteiger charge is -2.28. The van der Waals surface area contributed by atoms with Gasteiger partial charge in [-0.3, -0.25) is 4.79 Å². The largest absolute Gasteiger partial charge is 0.496 e. The topological polar surface area (TPSA) is 64.3 Å². The van der Waals surface area contributed by atoms with E-state index in [1.165, 1.54) is 0 Å². The molecule has 0 fully saturated rings. The van der Waals surface area contributed by atoms with E-state index in [1.54, 1.807) is 38.1 Å². The van der Waals surface area contributed by atoms with Crippen molar-refractivity contribution in [1.82, 2.24) is 0 Å². The van der Waals surface area contributed by atoms with Gasteiger partial charge >= 0.3 is 0 Å². The zero-order valence-electron chi connectivity index (χ0n) is 18.7. The Morgan fingerprint density at radius 1 is 1.12 bits per heavy atom. The molecule has 3 rings (SSSR count). The molecule has 2 atom stereocenters. The predicted molar refractivity (Wildman–Crippen MR) is 131 cm³/mol. The molecule has 0 saturated carbocycles. The lowest BCUT2D eigenvalue weighted by atomic mass is 9.81. The van der Waals surface area contributed by atoms with E-state index in [-0.39, 0.29) is 5.91 Å². The Hall–Kier alpha value is -3.24. The van der Waals surface area contributed by atoms with Crippen LogP contribution >= 0.6 is 11.8 Å². The minimum absolute atomic E-state index is 0.306. The Labute approximate surface area is 193 Å². The van der Waals surface area contributed by atoms with Crippen LogP contribution in [0.15, 0.2) is 64.8 Å². The predicted octanol–water partition coefficient (Wildman–Crippen LogP) is 5.54. The average molecular weight is 450 g/mol. The first-order valence-electron chi connectivity index (χ1n) is 10.4. The number of aliphatic imine (C=N–C) groups is 1. The standard InChI is InChI=1S/C25H27N3O3S/c1-6-15-32-25-23(26-3)22(17-11-7-9-13-19(17)30-4)21(16(2)27-25)24(29)28-18-12-8-10-14-20(18)31-5/h7-14,22-23H,6,15H2,1-2,4-5H3,(H,28,29). The minimum Gasteiger partial charge on any atom is -0.496 e. The second-order valence-electron chi connectivity index (χ2n) is 7.25. The van der Waals surface area contributed by atoms with Gasteiger partial charge in [0.2, 0.25) is 0 Å². The van der Waals surface area contributed by atoms with Gasteiger partial charge in [0.1, 0.15) is 17.4 Å². The molecule has 0 aliphatic carbocycles. The van der Waals surface area contributed by atoms with E-state index in [0.717, 1.165) is 22.8 Å². The smallest absolute Gasteiger partial charge is 0.282 e. The summed E-state index contributed by atoms with van der Waals surface area (Å²) in [4.78, 5) is 22.2. The summed E-state index contributed by atoms with van der Waals surface area (Å²) in [6, 6.07) is 14.2. The second kappa shape index (κ2) is 10.9. The SMILES string of the molecule is [C-]#[N+]C1C(SCCC)=NC(C)=C(C(=O)Nc2ccccc2OC)C1c1ccccc1OC. The summed E-state index contributed by atoms with van der Waals surface area (Å²) in [5.41, 5.74) is 2.42. The molecule has 1 N–H and O–H groups in total.